The number of H-pyrrole nitrogens is 1. The van der Waals surface area contributed by atoms with Crippen LogP contribution in [0.25, 0.3) is 10.9 Å². The quantitative estimate of drug-likeness (QED) is 0.574. The predicted octanol–water partition coefficient (Wildman–Crippen LogP) is 4.69. The third kappa shape index (κ3) is 5.90. The van der Waals surface area contributed by atoms with Crippen molar-refractivity contribution in [1.29, 1.82) is 0 Å². The summed E-state index contributed by atoms with van der Waals surface area (Å²) < 4.78 is 0. The molecule has 2 aromatic rings. The molecule has 7 heteroatoms. The summed E-state index contributed by atoms with van der Waals surface area (Å²) in [7, 11) is 0. The van der Waals surface area contributed by atoms with Crippen LogP contribution in [0, 0.1) is 11.8 Å². The van der Waals surface area contributed by atoms with Crippen LogP contribution in [0.3, 0.4) is 0 Å². The molecule has 2 saturated heterocycles. The molecule has 1 aromatic carbocycles. The second kappa shape index (κ2) is 10.9. The molecule has 2 atom stereocenters. The first-order valence-corrected chi connectivity index (χ1v) is 12.9. The Morgan fingerprint density at radius 2 is 1.94 bits per heavy atom. The van der Waals surface area contributed by atoms with Crippen molar-refractivity contribution in [2.45, 2.75) is 58.4 Å². The lowest BCUT2D eigenvalue weighted by Crippen LogP contribution is -2.43. The normalized spacial score (nSPS) is 21.3. The Morgan fingerprint density at radius 3 is 2.70 bits per heavy atom. The fourth-order valence-corrected chi connectivity index (χ4v) is 5.53. The van der Waals surface area contributed by atoms with E-state index in [1.165, 1.54) is 25.8 Å². The van der Waals surface area contributed by atoms with Crippen molar-refractivity contribution in [3.8, 4) is 0 Å². The van der Waals surface area contributed by atoms with Crippen LogP contribution in [-0.2, 0) is 4.79 Å². The second-order valence-corrected chi connectivity index (χ2v) is 10.3. The van der Waals surface area contributed by atoms with Crippen molar-refractivity contribution in [3.63, 3.8) is 0 Å². The molecule has 180 valence electrons. The molecule has 0 bridgehead atoms. The summed E-state index contributed by atoms with van der Waals surface area (Å²) in [6.45, 7) is 8.71. The maximum Gasteiger partial charge on any atom is 0.270 e. The lowest BCUT2D eigenvalue weighted by molar-refractivity contribution is -0.126. The number of rotatable bonds is 7. The van der Waals surface area contributed by atoms with Gasteiger partial charge in [0.25, 0.3) is 5.91 Å². The zero-order chi connectivity index (χ0) is 23.4. The van der Waals surface area contributed by atoms with Crippen molar-refractivity contribution in [3.05, 3.63) is 35.0 Å². The lowest BCUT2D eigenvalue weighted by Gasteiger charge is -2.34. The van der Waals surface area contributed by atoms with E-state index in [1.807, 2.05) is 36.1 Å². The first-order chi connectivity index (χ1) is 15.9. The Kier molecular flexibility index (Phi) is 7.97. The van der Waals surface area contributed by atoms with Crippen LogP contribution < -0.4 is 5.32 Å². The number of halogens is 1. The van der Waals surface area contributed by atoms with Crippen LogP contribution in [0.1, 0.15) is 62.9 Å². The number of nitrogens with zero attached hydrogens (tertiary/aromatic N) is 2. The largest absolute Gasteiger partial charge is 0.356 e. The van der Waals surface area contributed by atoms with Gasteiger partial charge in [-0.1, -0.05) is 24.9 Å². The van der Waals surface area contributed by atoms with Crippen LogP contribution >= 0.6 is 11.6 Å². The van der Waals surface area contributed by atoms with E-state index < -0.39 is 0 Å². The number of nitrogens with one attached hydrogen (secondary N) is 2. The van der Waals surface area contributed by atoms with E-state index in [9.17, 15) is 9.59 Å². The van der Waals surface area contributed by atoms with Gasteiger partial charge in [-0.25, -0.2) is 0 Å². The number of hydrogen-bond donors (Lipinski definition) is 2. The zero-order valence-electron chi connectivity index (χ0n) is 19.9. The van der Waals surface area contributed by atoms with Gasteiger partial charge in [0.2, 0.25) is 5.91 Å². The van der Waals surface area contributed by atoms with Crippen molar-refractivity contribution in [1.82, 2.24) is 20.1 Å². The molecule has 0 spiro atoms. The van der Waals surface area contributed by atoms with Crippen LogP contribution in [0.15, 0.2) is 24.3 Å². The highest BCUT2D eigenvalue weighted by molar-refractivity contribution is 6.31. The molecule has 2 fully saturated rings. The average Bonchev–Trinajstić information content (AvgIpc) is 3.25. The highest BCUT2D eigenvalue weighted by Gasteiger charge is 2.30. The van der Waals surface area contributed by atoms with Gasteiger partial charge in [-0.2, -0.15) is 0 Å². The SMILES string of the molecule is C[C@@H](C(=O)NCCCN1CCCC[C@@H]1C)C1CCN(C(=O)c2cc3cc(Cl)ccc3[nH]2)CC1. The molecule has 2 N–H and O–H groups in total. The van der Waals surface area contributed by atoms with Crippen LogP contribution in [-0.4, -0.2) is 65.4 Å². The third-order valence-electron chi connectivity index (χ3n) is 7.62. The predicted molar refractivity (Wildman–Crippen MR) is 134 cm³/mol. The van der Waals surface area contributed by atoms with Gasteiger partial charge in [-0.15, -0.1) is 0 Å². The number of benzene rings is 1. The van der Waals surface area contributed by atoms with E-state index in [0.717, 1.165) is 43.3 Å². The number of fused-ring (bicyclic) bond motifs is 1. The molecular weight excluding hydrogens is 436 g/mol. The summed E-state index contributed by atoms with van der Waals surface area (Å²) in [4.78, 5) is 33.3. The standard InChI is InChI=1S/C26H37ClN4O2/c1-18-6-3-4-12-30(18)13-5-11-28-25(32)19(2)20-9-14-31(15-10-20)26(33)24-17-21-16-22(27)7-8-23(21)29-24/h7-8,16-20,29H,3-6,9-15H2,1-2H3,(H,28,32)/t18-,19+/m0/s1. The molecule has 6 nitrogen and oxygen atoms in total. The number of amides is 2. The Hall–Kier alpha value is -2.05. The highest BCUT2D eigenvalue weighted by Crippen LogP contribution is 2.27. The van der Waals surface area contributed by atoms with E-state index in [0.29, 0.717) is 35.8 Å². The number of piperidine rings is 2. The number of likely N-dealkylation sites (tertiary alicyclic amines) is 2. The number of hydrogen-bond acceptors (Lipinski definition) is 3. The topological polar surface area (TPSA) is 68.4 Å². The van der Waals surface area contributed by atoms with E-state index in [1.54, 1.807) is 0 Å². The van der Waals surface area contributed by atoms with Crippen molar-refractivity contribution in [2.75, 3.05) is 32.7 Å². The summed E-state index contributed by atoms with van der Waals surface area (Å²) in [5, 5.41) is 4.76. The minimum Gasteiger partial charge on any atom is -0.356 e. The molecule has 0 aliphatic carbocycles. The summed E-state index contributed by atoms with van der Waals surface area (Å²) in [5.74, 6) is 0.466. The lowest BCUT2D eigenvalue weighted by atomic mass is 9.84. The molecule has 4 rings (SSSR count). The van der Waals surface area contributed by atoms with Gasteiger partial charge >= 0.3 is 0 Å². The van der Waals surface area contributed by atoms with Gasteiger partial charge in [-0.05, 0) is 75.8 Å². The number of aromatic nitrogens is 1. The molecular formula is C26H37ClN4O2. The van der Waals surface area contributed by atoms with Gasteiger partial charge < -0.3 is 20.1 Å². The molecule has 2 aliphatic heterocycles. The molecule has 0 saturated carbocycles. The zero-order valence-corrected chi connectivity index (χ0v) is 20.7. The molecule has 3 heterocycles. The maximum absolute atomic E-state index is 13.0. The van der Waals surface area contributed by atoms with Crippen LogP contribution in [0.5, 0.6) is 0 Å². The van der Waals surface area contributed by atoms with Crippen LogP contribution in [0.2, 0.25) is 5.02 Å². The van der Waals surface area contributed by atoms with E-state index in [-0.39, 0.29) is 17.7 Å². The second-order valence-electron chi connectivity index (χ2n) is 9.86. The number of aromatic amines is 1. The highest BCUT2D eigenvalue weighted by atomic mass is 35.5. The monoisotopic (exact) mass is 472 g/mol. The Labute approximate surface area is 202 Å². The van der Waals surface area contributed by atoms with Crippen molar-refractivity contribution in [2.24, 2.45) is 11.8 Å². The summed E-state index contributed by atoms with van der Waals surface area (Å²) in [6, 6.07) is 8.12. The summed E-state index contributed by atoms with van der Waals surface area (Å²) in [5.41, 5.74) is 1.51. The molecule has 0 unspecified atom stereocenters. The minimum absolute atomic E-state index is 0.0184. The molecule has 2 aliphatic rings. The van der Waals surface area contributed by atoms with Gasteiger partial charge in [0.15, 0.2) is 0 Å². The van der Waals surface area contributed by atoms with Crippen molar-refractivity contribution < 1.29 is 9.59 Å². The van der Waals surface area contributed by atoms with E-state index in [2.05, 4.69) is 22.1 Å². The van der Waals surface area contributed by atoms with E-state index >= 15 is 0 Å². The fourth-order valence-electron chi connectivity index (χ4n) is 5.35. The third-order valence-corrected chi connectivity index (χ3v) is 7.86. The molecule has 33 heavy (non-hydrogen) atoms. The molecule has 2 amide bonds. The minimum atomic E-state index is -0.0219. The maximum atomic E-state index is 13.0. The summed E-state index contributed by atoms with van der Waals surface area (Å²) in [6.07, 6.45) is 6.65. The Morgan fingerprint density at radius 1 is 1.15 bits per heavy atom. The van der Waals surface area contributed by atoms with Crippen LogP contribution in [0.4, 0.5) is 0 Å². The average molecular weight is 473 g/mol. The smallest absolute Gasteiger partial charge is 0.270 e. The Balaban J connectivity index is 1.20. The first-order valence-electron chi connectivity index (χ1n) is 12.5. The van der Waals surface area contributed by atoms with E-state index in [4.69, 9.17) is 11.6 Å². The van der Waals surface area contributed by atoms with Gasteiger partial charge in [0.1, 0.15) is 5.69 Å². The molecule has 0 radical (unpaired) electrons. The number of carbonyl (C=O) groups is 2. The summed E-state index contributed by atoms with van der Waals surface area (Å²) >= 11 is 6.06. The van der Waals surface area contributed by atoms with Gasteiger partial charge in [0.05, 0.1) is 0 Å². The molecule has 1 aromatic heterocycles. The number of carbonyl (C=O) groups excluding carboxylic acids is 2. The fraction of sp³-hybridized carbons (Fsp3) is 0.615. The first kappa shape index (κ1) is 24.1. The van der Waals surface area contributed by atoms with Crippen molar-refractivity contribution >= 4 is 34.3 Å². The van der Waals surface area contributed by atoms with Gasteiger partial charge in [-0.3, -0.25) is 9.59 Å². The van der Waals surface area contributed by atoms with Gasteiger partial charge in [0, 0.05) is 54.1 Å². The Bertz CT molecular complexity index is 966.